The second kappa shape index (κ2) is 4.93. The summed E-state index contributed by atoms with van der Waals surface area (Å²) in [5, 5.41) is 9.23. The molecule has 0 spiro atoms. The van der Waals surface area contributed by atoms with Crippen LogP contribution in [0.5, 0.6) is 5.75 Å². The van der Waals surface area contributed by atoms with Crippen molar-refractivity contribution in [2.24, 2.45) is 11.8 Å². The summed E-state index contributed by atoms with van der Waals surface area (Å²) in [6.45, 7) is 2.14. The third-order valence-electron chi connectivity index (χ3n) is 4.44. The molecule has 2 aliphatic carbocycles. The predicted molar refractivity (Wildman–Crippen MR) is 71.6 cm³/mol. The van der Waals surface area contributed by atoms with Crippen LogP contribution in [0.25, 0.3) is 0 Å². The van der Waals surface area contributed by atoms with E-state index >= 15 is 0 Å². The number of aliphatic hydroxyl groups is 1. The molecule has 0 aromatic heterocycles. The van der Waals surface area contributed by atoms with Gasteiger partial charge in [0.2, 0.25) is 0 Å². The van der Waals surface area contributed by atoms with Crippen LogP contribution in [0.15, 0.2) is 18.2 Å². The maximum Gasteiger partial charge on any atom is 0.120 e. The predicted octanol–water partition coefficient (Wildman–Crippen LogP) is 3.44. The zero-order valence-electron chi connectivity index (χ0n) is 11.1. The fraction of sp³-hybridized carbons (Fsp3) is 0.625. The second-order valence-corrected chi connectivity index (χ2v) is 6.07. The topological polar surface area (TPSA) is 29.5 Å². The van der Waals surface area contributed by atoms with Crippen LogP contribution in [0, 0.1) is 18.8 Å². The lowest BCUT2D eigenvalue weighted by molar-refractivity contribution is 0.118. The van der Waals surface area contributed by atoms with Crippen molar-refractivity contribution in [2.75, 3.05) is 0 Å². The summed E-state index contributed by atoms with van der Waals surface area (Å²) in [4.78, 5) is 0. The van der Waals surface area contributed by atoms with Gasteiger partial charge in [0.1, 0.15) is 5.75 Å². The van der Waals surface area contributed by atoms with Gasteiger partial charge >= 0.3 is 0 Å². The summed E-state index contributed by atoms with van der Waals surface area (Å²) in [5.41, 5.74) is 2.11. The van der Waals surface area contributed by atoms with Gasteiger partial charge < -0.3 is 9.84 Å². The highest BCUT2D eigenvalue weighted by molar-refractivity contribution is 5.33. The van der Waals surface area contributed by atoms with Crippen molar-refractivity contribution in [1.82, 2.24) is 0 Å². The molecule has 0 amide bonds. The first-order valence-corrected chi connectivity index (χ1v) is 7.11. The maximum absolute atomic E-state index is 9.23. The Hall–Kier alpha value is -1.02. The minimum Gasteiger partial charge on any atom is -0.490 e. The average Bonchev–Trinajstić information content (AvgIpc) is 2.68. The minimum atomic E-state index is 0.0912. The molecule has 0 heterocycles. The molecule has 2 bridgehead atoms. The molecular weight excluding hydrogens is 224 g/mol. The molecular formula is C16H22O2. The van der Waals surface area contributed by atoms with E-state index in [0.717, 1.165) is 28.7 Å². The van der Waals surface area contributed by atoms with Crippen LogP contribution in [-0.2, 0) is 6.61 Å². The van der Waals surface area contributed by atoms with Gasteiger partial charge in [-0.25, -0.2) is 0 Å². The molecule has 1 unspecified atom stereocenters. The number of hydrogen-bond donors (Lipinski definition) is 1. The number of ether oxygens (including phenoxy) is 1. The maximum atomic E-state index is 9.23. The Balaban J connectivity index is 1.70. The zero-order chi connectivity index (χ0) is 12.5. The second-order valence-electron chi connectivity index (χ2n) is 6.07. The molecule has 18 heavy (non-hydrogen) atoms. The van der Waals surface area contributed by atoms with Crippen LogP contribution in [0.4, 0.5) is 0 Å². The smallest absolute Gasteiger partial charge is 0.120 e. The molecule has 2 nitrogen and oxygen atoms in total. The van der Waals surface area contributed by atoms with Crippen LogP contribution in [0.1, 0.15) is 43.2 Å². The van der Waals surface area contributed by atoms with Crippen molar-refractivity contribution < 1.29 is 9.84 Å². The number of benzene rings is 1. The van der Waals surface area contributed by atoms with Gasteiger partial charge in [-0.05, 0) is 61.3 Å². The van der Waals surface area contributed by atoms with Crippen LogP contribution < -0.4 is 4.74 Å². The van der Waals surface area contributed by atoms with Crippen molar-refractivity contribution in [3.05, 3.63) is 29.3 Å². The first-order valence-electron chi connectivity index (χ1n) is 7.11. The van der Waals surface area contributed by atoms with Crippen molar-refractivity contribution in [2.45, 2.75) is 51.7 Å². The van der Waals surface area contributed by atoms with Gasteiger partial charge in [0.05, 0.1) is 12.7 Å². The largest absolute Gasteiger partial charge is 0.490 e. The van der Waals surface area contributed by atoms with Crippen molar-refractivity contribution >= 4 is 0 Å². The SMILES string of the molecule is Cc1cc(CO)cc(OC2C[C@H]3CC[C@@H](C2)C3)c1. The van der Waals surface area contributed by atoms with E-state index in [0.29, 0.717) is 6.10 Å². The molecule has 2 aliphatic rings. The van der Waals surface area contributed by atoms with Gasteiger partial charge in [-0.1, -0.05) is 18.9 Å². The van der Waals surface area contributed by atoms with E-state index in [1.807, 2.05) is 12.1 Å². The summed E-state index contributed by atoms with van der Waals surface area (Å²) < 4.78 is 6.15. The molecule has 3 rings (SSSR count). The third kappa shape index (κ3) is 2.54. The van der Waals surface area contributed by atoms with Gasteiger partial charge in [0.15, 0.2) is 0 Å². The number of fused-ring (bicyclic) bond motifs is 2. The van der Waals surface area contributed by atoms with E-state index < -0.39 is 0 Å². The number of aryl methyl sites for hydroxylation is 1. The molecule has 1 aromatic carbocycles. The fourth-order valence-electron chi connectivity index (χ4n) is 3.72. The van der Waals surface area contributed by atoms with Crippen molar-refractivity contribution in [1.29, 1.82) is 0 Å². The molecule has 0 saturated heterocycles. The summed E-state index contributed by atoms with van der Waals surface area (Å²) in [6.07, 6.45) is 7.07. The van der Waals surface area contributed by atoms with Gasteiger partial charge in [-0.3, -0.25) is 0 Å². The Labute approximate surface area is 109 Å². The molecule has 2 saturated carbocycles. The Bertz CT molecular complexity index is 415. The van der Waals surface area contributed by atoms with E-state index in [1.54, 1.807) is 0 Å². The Morgan fingerprint density at radius 1 is 1.11 bits per heavy atom. The molecule has 2 heteroatoms. The first kappa shape index (κ1) is 12.0. The van der Waals surface area contributed by atoms with Gasteiger partial charge in [-0.15, -0.1) is 0 Å². The Morgan fingerprint density at radius 2 is 1.83 bits per heavy atom. The number of aliphatic hydroxyl groups excluding tert-OH is 1. The first-order chi connectivity index (χ1) is 8.72. The molecule has 98 valence electrons. The van der Waals surface area contributed by atoms with Gasteiger partial charge in [0.25, 0.3) is 0 Å². The van der Waals surface area contributed by atoms with E-state index in [9.17, 15) is 5.11 Å². The monoisotopic (exact) mass is 246 g/mol. The average molecular weight is 246 g/mol. The highest BCUT2D eigenvalue weighted by Gasteiger charge is 2.35. The zero-order valence-corrected chi connectivity index (χ0v) is 11.1. The quantitative estimate of drug-likeness (QED) is 0.885. The lowest BCUT2D eigenvalue weighted by atomic mass is 9.87. The van der Waals surface area contributed by atoms with Crippen LogP contribution in [-0.4, -0.2) is 11.2 Å². The molecule has 0 radical (unpaired) electrons. The van der Waals surface area contributed by atoms with Gasteiger partial charge in [0, 0.05) is 0 Å². The van der Waals surface area contributed by atoms with Gasteiger partial charge in [-0.2, -0.15) is 0 Å². The van der Waals surface area contributed by atoms with E-state index in [-0.39, 0.29) is 6.61 Å². The lowest BCUT2D eigenvalue weighted by Crippen LogP contribution is -2.26. The van der Waals surface area contributed by atoms with Crippen molar-refractivity contribution in [3.8, 4) is 5.75 Å². The van der Waals surface area contributed by atoms with Crippen molar-refractivity contribution in [3.63, 3.8) is 0 Å². The summed E-state index contributed by atoms with van der Waals surface area (Å²) in [7, 11) is 0. The number of hydrogen-bond acceptors (Lipinski definition) is 2. The summed E-state index contributed by atoms with van der Waals surface area (Å²) >= 11 is 0. The lowest BCUT2D eigenvalue weighted by Gasteiger charge is -2.28. The highest BCUT2D eigenvalue weighted by Crippen LogP contribution is 2.43. The van der Waals surface area contributed by atoms with E-state index in [2.05, 4.69) is 13.0 Å². The van der Waals surface area contributed by atoms with Crippen LogP contribution in [0.3, 0.4) is 0 Å². The molecule has 3 atom stereocenters. The number of rotatable bonds is 3. The molecule has 1 aromatic rings. The van der Waals surface area contributed by atoms with Crippen LogP contribution >= 0.6 is 0 Å². The summed E-state index contributed by atoms with van der Waals surface area (Å²) in [6, 6.07) is 6.07. The standard InChI is InChI=1S/C16H22O2/c1-11-4-14(10-17)9-15(5-11)18-16-7-12-2-3-13(6-12)8-16/h4-5,9,12-13,16-17H,2-3,6-8,10H2,1H3/t12-,13+,16?. The third-order valence-corrected chi connectivity index (χ3v) is 4.44. The van der Waals surface area contributed by atoms with Crippen LogP contribution in [0.2, 0.25) is 0 Å². The molecule has 1 N–H and O–H groups in total. The minimum absolute atomic E-state index is 0.0912. The highest BCUT2D eigenvalue weighted by atomic mass is 16.5. The Kier molecular flexibility index (Phi) is 3.29. The van der Waals surface area contributed by atoms with E-state index in [1.165, 1.54) is 32.1 Å². The molecule has 2 fully saturated rings. The summed E-state index contributed by atoms with van der Waals surface area (Å²) in [5.74, 6) is 2.73. The molecule has 0 aliphatic heterocycles. The fourth-order valence-corrected chi connectivity index (χ4v) is 3.72. The normalized spacial score (nSPS) is 30.4. The van der Waals surface area contributed by atoms with E-state index in [4.69, 9.17) is 4.74 Å². The Morgan fingerprint density at radius 3 is 2.50 bits per heavy atom.